The number of rotatable bonds is 12. The predicted octanol–water partition coefficient (Wildman–Crippen LogP) is 15.6. The van der Waals surface area contributed by atoms with Crippen LogP contribution in [0, 0.1) is 17.8 Å². The van der Waals surface area contributed by atoms with Crippen molar-refractivity contribution < 1.29 is 123 Å². The molecule has 12 rings (SSSR count). The maximum Gasteiger partial charge on any atom is 0.342 e. The first kappa shape index (κ1) is 106. The summed E-state index contributed by atoms with van der Waals surface area (Å²) >= 11 is 18.9. The number of halogens is 3. The number of nitrogens with zero attached hydrogens (tertiary/aromatic N) is 8. The van der Waals surface area contributed by atoms with E-state index in [0.29, 0.717) is 99.8 Å². The molecule has 0 aromatic heterocycles. The van der Waals surface area contributed by atoms with E-state index in [9.17, 15) is 84.3 Å². The molecule has 4 aromatic carbocycles. The lowest BCUT2D eigenvalue weighted by Gasteiger charge is -2.26. The van der Waals surface area contributed by atoms with E-state index in [4.69, 9.17) is 73.1 Å². The number of oxime groups is 4. The van der Waals surface area contributed by atoms with Crippen LogP contribution < -0.4 is 0 Å². The molecule has 9 N–H and O–H groups in total. The molecule has 4 aromatic rings. The average Bonchev–Trinajstić information content (AvgIpc) is 0.793. The fourth-order valence-electron chi connectivity index (χ4n) is 15.4. The summed E-state index contributed by atoms with van der Waals surface area (Å²) in [7, 11) is 0. The van der Waals surface area contributed by atoms with E-state index in [1.54, 1.807) is 50.0 Å². The molecular formula is C99H123Cl3N8O25. The van der Waals surface area contributed by atoms with Crippen LogP contribution in [0.1, 0.15) is 213 Å². The second-order valence-corrected chi connectivity index (χ2v) is 34.8. The van der Waals surface area contributed by atoms with Crippen molar-refractivity contribution in [3.63, 3.8) is 0 Å². The van der Waals surface area contributed by atoms with E-state index in [1.165, 1.54) is 12.1 Å². The van der Waals surface area contributed by atoms with Gasteiger partial charge in [0.25, 0.3) is 23.6 Å². The average molecular weight is 1930 g/mol. The fourth-order valence-corrected chi connectivity index (χ4v) is 16.1. The normalized spacial score (nSPS) is 23.0. The Bertz CT molecular complexity index is 4970. The highest BCUT2D eigenvalue weighted by Crippen LogP contribution is 2.41. The molecule has 4 fully saturated rings. The third kappa shape index (κ3) is 34.8. The van der Waals surface area contributed by atoms with Crippen LogP contribution in [0.5, 0.6) is 46.0 Å². The molecule has 4 saturated heterocycles. The smallest absolute Gasteiger partial charge is 0.342 e. The molecule has 8 aliphatic heterocycles. The molecule has 730 valence electrons. The third-order valence-corrected chi connectivity index (χ3v) is 23.9. The number of aliphatic hydroxyl groups is 1. The number of allylic oxidation sites excluding steroid dienone is 12. The summed E-state index contributed by atoms with van der Waals surface area (Å²) in [6.07, 6.45) is 46.2. The van der Waals surface area contributed by atoms with E-state index in [-0.39, 0.29) is 197 Å². The molecule has 0 radical (unpaired) electrons. The van der Waals surface area contributed by atoms with Gasteiger partial charge in [0.1, 0.15) is 81.0 Å². The second kappa shape index (κ2) is 56.1. The number of hydrogen-bond acceptors (Lipinski definition) is 29. The minimum Gasteiger partial charge on any atom is -0.508 e. The number of esters is 4. The zero-order valence-corrected chi connectivity index (χ0v) is 78.8. The Kier molecular flexibility index (Phi) is 44.2. The highest BCUT2D eigenvalue weighted by atomic mass is 35.5. The second-order valence-electron chi connectivity index (χ2n) is 33.6. The Labute approximate surface area is 800 Å². The van der Waals surface area contributed by atoms with Gasteiger partial charge in [-0.2, -0.15) is 0 Å². The molecule has 0 aliphatic carbocycles. The molecule has 0 bridgehead atoms. The monoisotopic (exact) mass is 1930 g/mol. The van der Waals surface area contributed by atoms with Gasteiger partial charge < -0.3 is 104 Å². The summed E-state index contributed by atoms with van der Waals surface area (Å²) in [5.41, 5.74) is 1.76. The summed E-state index contributed by atoms with van der Waals surface area (Å²) in [6.45, 7) is 11.3. The lowest BCUT2D eigenvalue weighted by molar-refractivity contribution is -0.137. The van der Waals surface area contributed by atoms with Crippen molar-refractivity contribution >= 4 is 105 Å². The van der Waals surface area contributed by atoms with Crippen LogP contribution >= 0.6 is 34.8 Å². The van der Waals surface area contributed by atoms with Crippen molar-refractivity contribution in [3.8, 4) is 46.0 Å². The lowest BCUT2D eigenvalue weighted by atomic mass is 9.99. The Morgan fingerprint density at radius 2 is 0.630 bits per heavy atom. The third-order valence-electron chi connectivity index (χ3n) is 22.7. The van der Waals surface area contributed by atoms with Crippen LogP contribution in [0.15, 0.2) is 148 Å². The van der Waals surface area contributed by atoms with Crippen molar-refractivity contribution in [3.05, 3.63) is 187 Å². The van der Waals surface area contributed by atoms with Gasteiger partial charge in [-0.05, 0) is 199 Å². The Balaban J connectivity index is 0.000000202. The number of likely N-dealkylation sites (tertiary alicyclic amines) is 4. The minimum atomic E-state index is -1.00. The SMILES string of the molecule is CC1/C=C/CCOC(=O)c2c(O)cc(O)c(Cl)c2CC(=N/OCC(=O)N2CCCCC2)/C=C/C1.CC1/C=C/CCOC(=O)c2c(O)cc(O)c(Cl)c2CC(=N\OCC(=O)N2CCCCC2)/C=C/C1.CC1/C=C/CCOC(=O)c2c(O)cc(O)cc2CC(=N\OCC(=O)N2CCCCC2)/C=C/C1.O=C1OCC(O)/C=C/CC/C=C/C(=N\OCC(=O)N2CCCCC2)Cc2c(Cl)c(O)cc(O)c21. The molecule has 4 amide bonds. The number of benzene rings is 4. The number of amides is 4. The van der Waals surface area contributed by atoms with Gasteiger partial charge in [-0.15, -0.1) is 0 Å². The van der Waals surface area contributed by atoms with E-state index in [1.807, 2.05) is 54.7 Å². The molecule has 0 saturated carbocycles. The molecule has 36 heteroatoms. The highest BCUT2D eigenvalue weighted by molar-refractivity contribution is 6.35. The van der Waals surface area contributed by atoms with Crippen LogP contribution in [0.2, 0.25) is 15.1 Å². The van der Waals surface area contributed by atoms with Crippen molar-refractivity contribution in [1.29, 1.82) is 0 Å². The number of phenols is 8. The van der Waals surface area contributed by atoms with Crippen molar-refractivity contribution in [2.24, 2.45) is 38.4 Å². The van der Waals surface area contributed by atoms with Gasteiger partial charge in [0.05, 0.1) is 57.7 Å². The number of aromatic hydroxyl groups is 8. The van der Waals surface area contributed by atoms with Crippen LogP contribution in [-0.4, -0.2) is 247 Å². The number of phenolic OH excluding ortho intramolecular Hbond substituents is 8. The molecule has 135 heavy (non-hydrogen) atoms. The van der Waals surface area contributed by atoms with Gasteiger partial charge in [0.2, 0.25) is 0 Å². The van der Waals surface area contributed by atoms with Crippen molar-refractivity contribution in [2.75, 3.05) is 105 Å². The van der Waals surface area contributed by atoms with Gasteiger partial charge in [-0.3, -0.25) is 19.2 Å². The molecule has 33 nitrogen and oxygen atoms in total. The number of carbonyl (C=O) groups is 8. The molecular weight excluding hydrogens is 1810 g/mol. The standard InChI is InChI=1S/2C25H31ClN2O6.C25H32N2O6.C24H29ClN2O7/c2*1-17-8-3-6-13-33-25(32)23-19(24(26)21(30)15-20(23)29)14-18(10-7-9-17)27-34-16-22(31)28-11-4-2-5-12-28;1-18-8-3-6-13-32-25(31)24-19(15-21(28)16-22(24)29)14-20(10-7-9-18)26-33-17-23(30)27-11-4-2-5-12-27;25-23-18-12-16(26-34-15-21(31)27-10-6-3-7-11-27)8-4-1-2-5-9-17(28)14-33-24(32)22(18)19(29)13-20(23)30/h2*3,7-8,10,15,17,29-30H,2,4-6,9,11-14,16H2,1H3;3,7-8,10,15-16,18,28-29H,2,4-6,9,11-14,17H2,1H3;4-5,8-9,13,17,28-30H,1-3,6-7,10-12,14-15H2/b8-3+,10-7+,27-18+;8-3+,10-7+,27-18-;8-3+,10-7+,26-20-;8-4+,9-5+,26-16+. The predicted molar refractivity (Wildman–Crippen MR) is 509 cm³/mol. The maximum atomic E-state index is 12.7. The molecule has 4 unspecified atom stereocenters. The van der Waals surface area contributed by atoms with E-state index in [0.717, 1.165) is 134 Å². The van der Waals surface area contributed by atoms with Gasteiger partial charge in [0.15, 0.2) is 26.4 Å². The zero-order valence-electron chi connectivity index (χ0n) is 76.5. The van der Waals surface area contributed by atoms with Gasteiger partial charge in [0, 0.05) is 102 Å². The van der Waals surface area contributed by atoms with Crippen molar-refractivity contribution in [2.45, 2.75) is 181 Å². The summed E-state index contributed by atoms with van der Waals surface area (Å²) in [5.74, 6) is -5.95. The summed E-state index contributed by atoms with van der Waals surface area (Å²) in [5, 5.41) is 108. The molecule has 0 spiro atoms. The largest absolute Gasteiger partial charge is 0.508 e. The van der Waals surface area contributed by atoms with Gasteiger partial charge in [-0.25, -0.2) is 19.2 Å². The highest BCUT2D eigenvalue weighted by Gasteiger charge is 2.31. The lowest BCUT2D eigenvalue weighted by Crippen LogP contribution is -2.37. The van der Waals surface area contributed by atoms with E-state index in [2.05, 4.69) is 47.5 Å². The van der Waals surface area contributed by atoms with Gasteiger partial charge in [-0.1, -0.05) is 149 Å². The first-order chi connectivity index (χ1) is 65.0. The Morgan fingerprint density at radius 1 is 0.348 bits per heavy atom. The molecule has 8 heterocycles. The van der Waals surface area contributed by atoms with Gasteiger partial charge >= 0.3 is 23.9 Å². The number of piperidine rings is 4. The summed E-state index contributed by atoms with van der Waals surface area (Å²) in [6, 6.07) is 5.46. The Hall–Kier alpha value is -12.3. The number of fused-ring (bicyclic) bond motifs is 4. The number of carbonyl (C=O) groups excluding carboxylic acids is 8. The summed E-state index contributed by atoms with van der Waals surface area (Å²) in [4.78, 5) is 129. The van der Waals surface area contributed by atoms with Crippen molar-refractivity contribution in [1.82, 2.24) is 19.6 Å². The van der Waals surface area contributed by atoms with E-state index >= 15 is 0 Å². The number of cyclic esters (lactones) is 4. The Morgan fingerprint density at radius 3 is 0.963 bits per heavy atom. The zero-order chi connectivity index (χ0) is 97.1. The van der Waals surface area contributed by atoms with Crippen LogP contribution in [-0.2, 0) is 83.2 Å². The first-order valence-electron chi connectivity index (χ1n) is 45.8. The number of ether oxygens (including phenoxy) is 4. The van der Waals surface area contributed by atoms with Crippen LogP contribution in [0.3, 0.4) is 0 Å². The topological polar surface area (TPSA) is 455 Å². The summed E-state index contributed by atoms with van der Waals surface area (Å²) < 4.78 is 21.1. The van der Waals surface area contributed by atoms with Crippen LogP contribution in [0.4, 0.5) is 0 Å². The van der Waals surface area contributed by atoms with Crippen LogP contribution in [0.25, 0.3) is 0 Å². The molecule has 8 aliphatic rings. The minimum absolute atomic E-state index is 0.0206. The number of aliphatic hydroxyl groups excluding tert-OH is 1. The first-order valence-corrected chi connectivity index (χ1v) is 47.0. The fraction of sp³-hybridized carbons (Fsp3) is 0.475. The van der Waals surface area contributed by atoms with E-state index < -0.39 is 53.0 Å². The maximum absolute atomic E-state index is 12.7. The molecule has 4 atom stereocenters. The number of hydrogen-bond donors (Lipinski definition) is 9. The quantitative estimate of drug-likeness (QED) is 0.0275.